The number of ether oxygens (including phenoxy) is 1. The van der Waals surface area contributed by atoms with Crippen LogP contribution in [0.3, 0.4) is 0 Å². The van der Waals surface area contributed by atoms with Gasteiger partial charge in [-0.1, -0.05) is 49.7 Å². The topological polar surface area (TPSA) is 83.3 Å². The summed E-state index contributed by atoms with van der Waals surface area (Å²) >= 11 is 1.12. The van der Waals surface area contributed by atoms with Crippen molar-refractivity contribution in [1.82, 2.24) is 9.88 Å². The van der Waals surface area contributed by atoms with Crippen molar-refractivity contribution in [2.24, 2.45) is 0 Å². The molecule has 1 unspecified atom stereocenters. The predicted octanol–water partition coefficient (Wildman–Crippen LogP) is 5.35. The third-order valence-electron chi connectivity index (χ3n) is 5.69. The van der Waals surface area contributed by atoms with Crippen molar-refractivity contribution in [2.75, 3.05) is 13.2 Å². The molecule has 2 amide bonds. The van der Waals surface area contributed by atoms with Crippen LogP contribution in [0.5, 0.6) is 5.75 Å². The number of hydrogen-bond acceptors (Lipinski definition) is 6. The molecule has 33 heavy (non-hydrogen) atoms. The maximum atomic E-state index is 12.7. The number of nitriles is 1. The highest BCUT2D eigenvalue weighted by Crippen LogP contribution is 2.30. The molecule has 1 aromatic heterocycles. The quantitative estimate of drug-likeness (QED) is 0.371. The number of imide groups is 1. The largest absolute Gasteiger partial charge is 0.493 e. The molecule has 1 aromatic carbocycles. The van der Waals surface area contributed by atoms with Gasteiger partial charge in [0.25, 0.3) is 5.24 Å². The van der Waals surface area contributed by atoms with E-state index >= 15 is 0 Å². The number of unbranched alkanes of at least 4 members (excludes halogenated alkanes) is 4. The normalized spacial score (nSPS) is 15.6. The summed E-state index contributed by atoms with van der Waals surface area (Å²) in [6.07, 6.45) is 8.28. The van der Waals surface area contributed by atoms with Crippen LogP contribution in [0.1, 0.15) is 55.8 Å². The van der Waals surface area contributed by atoms with E-state index in [1.807, 2.05) is 36.5 Å². The van der Waals surface area contributed by atoms with Crippen molar-refractivity contribution in [3.8, 4) is 11.8 Å². The van der Waals surface area contributed by atoms with Crippen molar-refractivity contribution in [1.29, 1.82) is 5.26 Å². The second kappa shape index (κ2) is 13.0. The Morgan fingerprint density at radius 3 is 2.52 bits per heavy atom. The zero-order valence-electron chi connectivity index (χ0n) is 19.2. The second-order valence-electron chi connectivity index (χ2n) is 8.14. The number of aryl methyl sites for hydroxylation is 1. The van der Waals surface area contributed by atoms with Crippen LogP contribution in [-0.4, -0.2) is 39.4 Å². The monoisotopic (exact) mass is 465 g/mol. The molecule has 6 nitrogen and oxygen atoms in total. The van der Waals surface area contributed by atoms with Gasteiger partial charge in [-0.2, -0.15) is 5.26 Å². The number of benzene rings is 1. The lowest BCUT2D eigenvalue weighted by molar-refractivity contribution is -0.126. The summed E-state index contributed by atoms with van der Waals surface area (Å²) in [5, 5.41) is 8.06. The number of pyridine rings is 1. The molecule has 0 saturated carbocycles. The van der Waals surface area contributed by atoms with Crippen molar-refractivity contribution in [2.45, 2.75) is 63.5 Å². The first kappa shape index (κ1) is 24.8. The molecule has 0 aliphatic carbocycles. The van der Waals surface area contributed by atoms with Gasteiger partial charge in [-0.15, -0.1) is 0 Å². The summed E-state index contributed by atoms with van der Waals surface area (Å²) < 4.78 is 5.83. The SMILES string of the molecule is CCc1ccc(CCOc2ccc(CC3SC(=O)N(CCCCCCC#N)C3=O)cc2)nc1. The van der Waals surface area contributed by atoms with Gasteiger partial charge >= 0.3 is 0 Å². The van der Waals surface area contributed by atoms with Gasteiger partial charge in [0.2, 0.25) is 5.91 Å². The van der Waals surface area contributed by atoms with Gasteiger partial charge in [0.05, 0.1) is 17.9 Å². The van der Waals surface area contributed by atoms with Crippen molar-refractivity contribution in [3.63, 3.8) is 0 Å². The van der Waals surface area contributed by atoms with E-state index in [1.54, 1.807) is 0 Å². The summed E-state index contributed by atoms with van der Waals surface area (Å²) in [6.45, 7) is 3.13. The number of amides is 2. The van der Waals surface area contributed by atoms with E-state index in [9.17, 15) is 9.59 Å². The number of aromatic nitrogens is 1. The van der Waals surface area contributed by atoms with E-state index in [1.165, 1.54) is 10.5 Å². The van der Waals surface area contributed by atoms with Crippen LogP contribution in [0, 0.1) is 11.3 Å². The van der Waals surface area contributed by atoms with E-state index < -0.39 is 0 Å². The van der Waals surface area contributed by atoms with Crippen molar-refractivity contribution >= 4 is 22.9 Å². The lowest BCUT2D eigenvalue weighted by Crippen LogP contribution is -2.33. The summed E-state index contributed by atoms with van der Waals surface area (Å²) in [5.74, 6) is 0.687. The zero-order chi connectivity index (χ0) is 23.5. The van der Waals surface area contributed by atoms with Gasteiger partial charge in [-0.3, -0.25) is 19.5 Å². The highest BCUT2D eigenvalue weighted by molar-refractivity contribution is 8.15. The first-order chi connectivity index (χ1) is 16.1. The minimum Gasteiger partial charge on any atom is -0.493 e. The molecule has 0 N–H and O–H groups in total. The van der Waals surface area contributed by atoms with Gasteiger partial charge in [-0.05, 0) is 55.0 Å². The summed E-state index contributed by atoms with van der Waals surface area (Å²) in [7, 11) is 0. The molecule has 174 valence electrons. The number of thioether (sulfide) groups is 1. The molecule has 3 rings (SSSR count). The molecule has 0 spiro atoms. The van der Waals surface area contributed by atoms with Crippen molar-refractivity contribution in [3.05, 3.63) is 59.4 Å². The lowest BCUT2D eigenvalue weighted by atomic mass is 10.1. The summed E-state index contributed by atoms with van der Waals surface area (Å²) in [4.78, 5) is 30.8. The predicted molar refractivity (Wildman–Crippen MR) is 130 cm³/mol. The average molecular weight is 466 g/mol. The van der Waals surface area contributed by atoms with Crippen LogP contribution in [-0.2, 0) is 24.1 Å². The summed E-state index contributed by atoms with van der Waals surface area (Å²) in [6, 6.07) is 14.0. The molecule has 1 atom stereocenters. The molecule has 2 aromatic rings. The average Bonchev–Trinajstić information content (AvgIpc) is 3.10. The Morgan fingerprint density at radius 1 is 1.06 bits per heavy atom. The molecule has 1 saturated heterocycles. The molecule has 0 radical (unpaired) electrons. The fraction of sp³-hybridized carbons (Fsp3) is 0.462. The molecular weight excluding hydrogens is 434 g/mol. The van der Waals surface area contributed by atoms with E-state index in [0.717, 1.165) is 67.3 Å². The Balaban J connectivity index is 1.41. The molecule has 1 aliphatic rings. The number of carbonyl (C=O) groups is 2. The molecule has 1 aliphatic heterocycles. The van der Waals surface area contributed by atoms with Crippen LogP contribution in [0.25, 0.3) is 0 Å². The van der Waals surface area contributed by atoms with E-state index in [4.69, 9.17) is 10.00 Å². The Hall–Kier alpha value is -2.85. The van der Waals surface area contributed by atoms with Crippen LogP contribution >= 0.6 is 11.8 Å². The summed E-state index contributed by atoms with van der Waals surface area (Å²) in [5.41, 5.74) is 3.25. The highest BCUT2D eigenvalue weighted by atomic mass is 32.2. The zero-order valence-corrected chi connectivity index (χ0v) is 20.0. The minimum absolute atomic E-state index is 0.0936. The van der Waals surface area contributed by atoms with E-state index in [-0.39, 0.29) is 16.4 Å². The number of carbonyl (C=O) groups excluding carboxylic acids is 2. The number of rotatable bonds is 13. The first-order valence-electron chi connectivity index (χ1n) is 11.6. The van der Waals surface area contributed by atoms with Crippen LogP contribution < -0.4 is 4.74 Å². The highest BCUT2D eigenvalue weighted by Gasteiger charge is 2.38. The van der Waals surface area contributed by atoms with Gasteiger partial charge < -0.3 is 4.74 Å². The smallest absolute Gasteiger partial charge is 0.289 e. The molecule has 1 fully saturated rings. The molecule has 0 bridgehead atoms. The first-order valence-corrected chi connectivity index (χ1v) is 12.5. The van der Waals surface area contributed by atoms with Crippen LogP contribution in [0.15, 0.2) is 42.6 Å². The standard InChI is InChI=1S/C26H31N3O3S/c1-2-20-8-11-22(28-19-20)14-17-32-23-12-9-21(10-13-23)18-24-25(30)29(26(31)33-24)16-7-5-3-4-6-15-27/h8-13,19,24H,2-7,14,16-18H2,1H3. The third-order valence-corrected chi connectivity index (χ3v) is 6.77. The van der Waals surface area contributed by atoms with Crippen LogP contribution in [0.2, 0.25) is 0 Å². The van der Waals surface area contributed by atoms with Crippen LogP contribution in [0.4, 0.5) is 4.79 Å². The van der Waals surface area contributed by atoms with Crippen molar-refractivity contribution < 1.29 is 14.3 Å². The van der Waals surface area contributed by atoms with E-state index in [0.29, 0.717) is 26.0 Å². The fourth-order valence-electron chi connectivity index (χ4n) is 3.68. The minimum atomic E-state index is -0.361. The second-order valence-corrected chi connectivity index (χ2v) is 9.30. The lowest BCUT2D eigenvalue weighted by Gasteiger charge is -2.14. The Bertz CT molecular complexity index is 954. The maximum absolute atomic E-state index is 12.7. The molecular formula is C26H31N3O3S. The maximum Gasteiger partial charge on any atom is 0.289 e. The Morgan fingerprint density at radius 2 is 1.82 bits per heavy atom. The van der Waals surface area contributed by atoms with Gasteiger partial charge in [0.15, 0.2) is 0 Å². The van der Waals surface area contributed by atoms with Gasteiger partial charge in [0.1, 0.15) is 5.75 Å². The Kier molecular flexibility index (Phi) is 9.77. The third kappa shape index (κ3) is 7.61. The molecule has 2 heterocycles. The number of nitrogens with zero attached hydrogens (tertiary/aromatic N) is 3. The van der Waals surface area contributed by atoms with Gasteiger partial charge in [0, 0.05) is 31.3 Å². The van der Waals surface area contributed by atoms with E-state index in [2.05, 4.69) is 24.0 Å². The van der Waals surface area contributed by atoms with Gasteiger partial charge in [-0.25, -0.2) is 0 Å². The number of hydrogen-bond donors (Lipinski definition) is 0. The fourth-order valence-corrected chi connectivity index (χ4v) is 4.73. The molecule has 7 heteroatoms. The Labute approximate surface area is 200 Å².